The summed E-state index contributed by atoms with van der Waals surface area (Å²) in [6.45, 7) is 0. The Labute approximate surface area is 151 Å². The number of carbonyl (C=O) groups is 1. The zero-order chi connectivity index (χ0) is 3.58. The van der Waals surface area contributed by atoms with E-state index in [-0.39, 0.29) is 134 Å². The molecule has 32 valence electrons. The molecule has 0 radical (unpaired) electrons. The maximum atomic E-state index is 8.33. The first kappa shape index (κ1) is 30.1. The summed E-state index contributed by atoms with van der Waals surface area (Å²) in [5.41, 5.74) is 0. The minimum Gasteiger partial charge on any atom is -1.00 e. The Morgan fingerprint density at radius 2 is 1.12 bits per heavy atom. The summed E-state index contributed by atoms with van der Waals surface area (Å²) >= 11 is 0. The molecule has 0 bridgehead atoms. The smallest absolute Gasteiger partial charge is 1.00 e. The van der Waals surface area contributed by atoms with Gasteiger partial charge in [0.1, 0.15) is 0 Å². The first-order valence-corrected chi connectivity index (χ1v) is 0.612. The summed E-state index contributed by atoms with van der Waals surface area (Å²) in [7, 11) is 0. The van der Waals surface area contributed by atoms with E-state index in [1.54, 1.807) is 0 Å². The van der Waals surface area contributed by atoms with E-state index in [1.165, 1.54) is 0 Å². The molecule has 0 aliphatic carbocycles. The molecule has 8 heavy (non-hydrogen) atoms. The van der Waals surface area contributed by atoms with Crippen LogP contribution >= 0.6 is 0 Å². The van der Waals surface area contributed by atoms with Crippen molar-refractivity contribution in [2.45, 2.75) is 0 Å². The summed E-state index contributed by atoms with van der Waals surface area (Å²) in [5.74, 6) is 0. The maximum Gasteiger partial charge on any atom is 1.00 e. The van der Waals surface area contributed by atoms with Gasteiger partial charge < -0.3 is 27.4 Å². The van der Waals surface area contributed by atoms with E-state index in [9.17, 15) is 0 Å². The fourth-order valence-electron chi connectivity index (χ4n) is 0. The predicted octanol–water partition coefficient (Wildman–Crippen LogP) is -14.4. The third-order valence-corrected chi connectivity index (χ3v) is 0. The molecule has 0 atom stereocenters. The van der Waals surface area contributed by atoms with Crippen molar-refractivity contribution in [1.29, 1.82) is 0 Å². The Bertz CT molecular complexity index is 40.3. The molecular formula is CClK2LiO3. The third-order valence-electron chi connectivity index (χ3n) is 0. The normalized spacial score (nSPS) is 3.00. The second-order valence-corrected chi connectivity index (χ2v) is 0.250. The average molecular weight is 181 g/mol. The molecule has 0 rings (SSSR count). The van der Waals surface area contributed by atoms with Crippen LogP contribution in [0, 0.1) is 0 Å². The monoisotopic (exact) mass is 180 g/mol. The van der Waals surface area contributed by atoms with Crippen molar-refractivity contribution in [1.82, 2.24) is 0 Å². The number of rotatable bonds is 0. The maximum absolute atomic E-state index is 8.33. The minimum atomic E-state index is -2.33. The van der Waals surface area contributed by atoms with Gasteiger partial charge in [-0.3, -0.25) is 0 Å². The molecule has 3 nitrogen and oxygen atoms in total. The van der Waals surface area contributed by atoms with Crippen LogP contribution in [-0.2, 0) is 0 Å². The molecule has 0 aromatic heterocycles. The van der Waals surface area contributed by atoms with E-state index < -0.39 is 6.16 Å². The van der Waals surface area contributed by atoms with Gasteiger partial charge >= 0.3 is 122 Å². The molecule has 0 saturated heterocycles. The zero-order valence-corrected chi connectivity index (χ0v) is 12.1. The first-order valence-electron chi connectivity index (χ1n) is 0.612. The summed E-state index contributed by atoms with van der Waals surface area (Å²) in [6.07, 6.45) is -2.33. The Morgan fingerprint density at radius 1 is 1.12 bits per heavy atom. The predicted molar refractivity (Wildman–Crippen MR) is 5.40 cm³/mol. The van der Waals surface area contributed by atoms with E-state index in [4.69, 9.17) is 15.0 Å². The second kappa shape index (κ2) is 22.4. The van der Waals surface area contributed by atoms with E-state index in [0.717, 1.165) is 0 Å². The number of halogens is 1. The van der Waals surface area contributed by atoms with Crippen LogP contribution in [0.2, 0.25) is 0 Å². The van der Waals surface area contributed by atoms with E-state index in [0.29, 0.717) is 0 Å². The van der Waals surface area contributed by atoms with Crippen LogP contribution in [-0.4, -0.2) is 6.16 Å². The van der Waals surface area contributed by atoms with Crippen LogP contribution in [0.3, 0.4) is 0 Å². The molecule has 0 aliphatic heterocycles. The molecule has 0 aromatic carbocycles. The van der Waals surface area contributed by atoms with Crippen LogP contribution < -0.4 is 144 Å². The van der Waals surface area contributed by atoms with Gasteiger partial charge in [0.05, 0.1) is 0 Å². The standard InChI is InChI=1S/CH2O3.ClH.2K.Li/c2-1(3)4;;;;/h(H2,2,3,4);1H;;;/q;;3*+1/p-3. The van der Waals surface area contributed by atoms with Gasteiger partial charge in [0, 0.05) is 0 Å². The fraction of sp³-hybridized carbons (Fsp3) is 0. The number of hydrogen-bond donors (Lipinski definition) is 0. The Morgan fingerprint density at radius 3 is 1.12 bits per heavy atom. The first-order chi connectivity index (χ1) is 1.73. The Kier molecular flexibility index (Phi) is 84.3. The largest absolute Gasteiger partial charge is 1.00 e. The fourth-order valence-corrected chi connectivity index (χ4v) is 0. The van der Waals surface area contributed by atoms with Gasteiger partial charge in [0.2, 0.25) is 0 Å². The number of carboxylic acid groups (broad SMARTS) is 2. The molecule has 0 spiro atoms. The number of hydrogen-bond acceptors (Lipinski definition) is 3. The molecule has 0 unspecified atom stereocenters. The molecule has 0 amide bonds. The van der Waals surface area contributed by atoms with Gasteiger partial charge in [-0.05, 0) is 6.16 Å². The summed E-state index contributed by atoms with van der Waals surface area (Å²) in [6, 6.07) is 0. The van der Waals surface area contributed by atoms with Crippen LogP contribution in [0.1, 0.15) is 0 Å². The van der Waals surface area contributed by atoms with Crippen molar-refractivity contribution in [3.05, 3.63) is 0 Å². The minimum absolute atomic E-state index is 0. The van der Waals surface area contributed by atoms with Crippen molar-refractivity contribution in [3.63, 3.8) is 0 Å². The molecule has 0 aromatic rings. The topological polar surface area (TPSA) is 63.2 Å². The van der Waals surface area contributed by atoms with Gasteiger partial charge in [-0.15, -0.1) is 0 Å². The second-order valence-electron chi connectivity index (χ2n) is 0.250. The molecule has 0 saturated carbocycles. The van der Waals surface area contributed by atoms with Crippen LogP contribution in [0.25, 0.3) is 0 Å². The van der Waals surface area contributed by atoms with Crippen LogP contribution in [0.15, 0.2) is 0 Å². The van der Waals surface area contributed by atoms with Crippen molar-refractivity contribution >= 4 is 6.16 Å². The quantitative estimate of drug-likeness (QED) is 0.348. The van der Waals surface area contributed by atoms with E-state index in [1.807, 2.05) is 0 Å². The molecule has 7 heteroatoms. The average Bonchev–Trinajstić information content (AvgIpc) is 0.811. The van der Waals surface area contributed by atoms with Crippen molar-refractivity contribution in [2.24, 2.45) is 0 Å². The molecule has 0 N–H and O–H groups in total. The summed E-state index contributed by atoms with van der Waals surface area (Å²) in [5, 5.41) is 16.7. The zero-order valence-electron chi connectivity index (χ0n) is 5.10. The van der Waals surface area contributed by atoms with Gasteiger partial charge in [0.15, 0.2) is 0 Å². The van der Waals surface area contributed by atoms with Gasteiger partial charge in [-0.1, -0.05) is 0 Å². The van der Waals surface area contributed by atoms with Gasteiger partial charge in [-0.2, -0.15) is 0 Å². The molecule has 0 fully saturated rings. The van der Waals surface area contributed by atoms with Gasteiger partial charge in [0.25, 0.3) is 0 Å². The van der Waals surface area contributed by atoms with Crippen LogP contribution in [0.5, 0.6) is 0 Å². The Hall–Kier alpha value is 3.43. The summed E-state index contributed by atoms with van der Waals surface area (Å²) in [4.78, 5) is 8.33. The van der Waals surface area contributed by atoms with Gasteiger partial charge in [-0.25, -0.2) is 0 Å². The van der Waals surface area contributed by atoms with E-state index in [2.05, 4.69) is 0 Å². The van der Waals surface area contributed by atoms with Crippen molar-refractivity contribution in [2.75, 3.05) is 0 Å². The molecular weight excluding hydrogens is 181 g/mol. The van der Waals surface area contributed by atoms with Crippen molar-refractivity contribution in [3.8, 4) is 0 Å². The molecule has 0 aliphatic rings. The van der Waals surface area contributed by atoms with E-state index >= 15 is 0 Å². The molecule has 0 heterocycles. The third kappa shape index (κ3) is 57.0. The van der Waals surface area contributed by atoms with Crippen molar-refractivity contribution < 1.29 is 149 Å². The summed E-state index contributed by atoms with van der Waals surface area (Å²) < 4.78 is 0. The SMILES string of the molecule is O=C([O-])[O-].[Cl-].[K+].[K+].[Li+]. The Balaban J connectivity index is -0.00000000750. The van der Waals surface area contributed by atoms with Crippen LogP contribution in [0.4, 0.5) is 4.79 Å². The number of carbonyl (C=O) groups excluding carboxylic acids is 1.